The van der Waals surface area contributed by atoms with E-state index >= 15 is 0 Å². The van der Waals surface area contributed by atoms with Gasteiger partial charge in [0.05, 0.1) is 18.2 Å². The molecule has 136 valence electrons. The molecule has 0 aliphatic carbocycles. The van der Waals surface area contributed by atoms with Crippen LogP contribution in [0.1, 0.15) is 26.3 Å². The van der Waals surface area contributed by atoms with Crippen LogP contribution in [0.15, 0.2) is 42.5 Å². The first-order valence-corrected chi connectivity index (χ1v) is 7.84. The number of esters is 2. The minimum absolute atomic E-state index is 0.0628. The number of methoxy groups -OCH3 is 1. The summed E-state index contributed by atoms with van der Waals surface area (Å²) in [6, 6.07) is 9.55. The van der Waals surface area contributed by atoms with Gasteiger partial charge in [0, 0.05) is 11.6 Å². The average Bonchev–Trinajstić information content (AvgIpc) is 2.64. The number of hydrogen-bond donors (Lipinski definition) is 1. The summed E-state index contributed by atoms with van der Waals surface area (Å²) in [5.74, 6) is -2.38. The Morgan fingerprint density at radius 2 is 1.77 bits per heavy atom. The van der Waals surface area contributed by atoms with E-state index in [9.17, 15) is 18.8 Å². The molecular formula is C18H15ClFNO5. The van der Waals surface area contributed by atoms with Crippen molar-refractivity contribution < 1.29 is 28.2 Å². The highest BCUT2D eigenvalue weighted by Crippen LogP contribution is 2.16. The number of halogens is 2. The fraction of sp³-hybridized carbons (Fsp3) is 0.167. The first kappa shape index (κ1) is 19.4. The van der Waals surface area contributed by atoms with E-state index in [2.05, 4.69) is 10.1 Å². The molecule has 26 heavy (non-hydrogen) atoms. The van der Waals surface area contributed by atoms with Gasteiger partial charge >= 0.3 is 11.9 Å². The number of benzene rings is 2. The van der Waals surface area contributed by atoms with Crippen molar-refractivity contribution in [3.8, 4) is 0 Å². The van der Waals surface area contributed by atoms with Gasteiger partial charge in [-0.15, -0.1) is 0 Å². The summed E-state index contributed by atoms with van der Waals surface area (Å²) < 4.78 is 22.4. The molecule has 0 aliphatic rings. The molecule has 2 aromatic carbocycles. The molecule has 0 heterocycles. The van der Waals surface area contributed by atoms with E-state index in [0.717, 1.165) is 6.07 Å². The first-order valence-electron chi connectivity index (χ1n) is 7.47. The summed E-state index contributed by atoms with van der Waals surface area (Å²) in [4.78, 5) is 35.2. The Morgan fingerprint density at radius 1 is 1.08 bits per heavy atom. The third kappa shape index (κ3) is 5.29. The SMILES string of the molecule is COC(=O)c1cccc(C(=O)OCC(=O)NCc2ccc(F)cc2Cl)c1. The number of hydrogen-bond acceptors (Lipinski definition) is 5. The van der Waals surface area contributed by atoms with Crippen molar-refractivity contribution in [1.82, 2.24) is 5.32 Å². The van der Waals surface area contributed by atoms with Crippen LogP contribution in [0.5, 0.6) is 0 Å². The van der Waals surface area contributed by atoms with Gasteiger partial charge < -0.3 is 14.8 Å². The summed E-state index contributed by atoms with van der Waals surface area (Å²) in [6.45, 7) is -0.451. The number of ether oxygens (including phenoxy) is 2. The highest BCUT2D eigenvalue weighted by atomic mass is 35.5. The van der Waals surface area contributed by atoms with E-state index in [4.69, 9.17) is 16.3 Å². The van der Waals surface area contributed by atoms with Crippen LogP contribution in [0, 0.1) is 5.82 Å². The summed E-state index contributed by atoms with van der Waals surface area (Å²) in [6.07, 6.45) is 0. The highest BCUT2D eigenvalue weighted by Gasteiger charge is 2.13. The summed E-state index contributed by atoms with van der Waals surface area (Å²) in [5, 5.41) is 2.69. The standard InChI is InChI=1S/C18H15ClFNO5/c1-25-17(23)11-3-2-4-12(7-11)18(24)26-10-16(22)21-9-13-5-6-14(20)8-15(13)19/h2-8H,9-10H2,1H3,(H,21,22). The number of carbonyl (C=O) groups excluding carboxylic acids is 3. The lowest BCUT2D eigenvalue weighted by Crippen LogP contribution is -2.28. The van der Waals surface area contributed by atoms with Gasteiger partial charge in [0.25, 0.3) is 5.91 Å². The van der Waals surface area contributed by atoms with Crippen molar-refractivity contribution in [1.29, 1.82) is 0 Å². The number of carbonyl (C=O) groups is 3. The second-order valence-corrected chi connectivity index (χ2v) is 5.57. The molecule has 0 fully saturated rings. The van der Waals surface area contributed by atoms with Crippen LogP contribution in [0.4, 0.5) is 4.39 Å². The molecule has 1 amide bonds. The van der Waals surface area contributed by atoms with Crippen molar-refractivity contribution in [3.05, 3.63) is 70.0 Å². The zero-order valence-electron chi connectivity index (χ0n) is 13.8. The lowest BCUT2D eigenvalue weighted by Gasteiger charge is -2.08. The highest BCUT2D eigenvalue weighted by molar-refractivity contribution is 6.31. The van der Waals surface area contributed by atoms with Crippen LogP contribution in [0.3, 0.4) is 0 Å². The molecule has 8 heteroatoms. The maximum Gasteiger partial charge on any atom is 0.338 e. The number of nitrogens with one attached hydrogen (secondary N) is 1. The van der Waals surface area contributed by atoms with E-state index in [1.54, 1.807) is 0 Å². The normalized spacial score (nSPS) is 10.1. The smallest absolute Gasteiger partial charge is 0.338 e. The Morgan fingerprint density at radius 3 is 2.42 bits per heavy atom. The maximum atomic E-state index is 13.0. The lowest BCUT2D eigenvalue weighted by atomic mass is 10.1. The fourth-order valence-corrected chi connectivity index (χ4v) is 2.25. The third-order valence-electron chi connectivity index (χ3n) is 3.34. The topological polar surface area (TPSA) is 81.7 Å². The molecule has 0 aromatic heterocycles. The molecule has 0 aliphatic heterocycles. The van der Waals surface area contributed by atoms with Gasteiger partial charge in [0.15, 0.2) is 6.61 Å². The van der Waals surface area contributed by atoms with Crippen LogP contribution >= 0.6 is 11.6 Å². The molecule has 0 saturated carbocycles. The largest absolute Gasteiger partial charge is 0.465 e. The Balaban J connectivity index is 1.87. The zero-order valence-corrected chi connectivity index (χ0v) is 14.5. The summed E-state index contributed by atoms with van der Waals surface area (Å²) in [5.41, 5.74) is 0.832. The molecule has 1 N–H and O–H groups in total. The van der Waals surface area contributed by atoms with Gasteiger partial charge in [-0.2, -0.15) is 0 Å². The third-order valence-corrected chi connectivity index (χ3v) is 3.70. The van der Waals surface area contributed by atoms with E-state index in [0.29, 0.717) is 5.56 Å². The lowest BCUT2D eigenvalue weighted by molar-refractivity contribution is -0.124. The van der Waals surface area contributed by atoms with Crippen LogP contribution in [-0.2, 0) is 20.8 Å². The van der Waals surface area contributed by atoms with Crippen molar-refractivity contribution in [2.45, 2.75) is 6.54 Å². The minimum atomic E-state index is -0.759. The predicted molar refractivity (Wildman–Crippen MR) is 91.3 cm³/mol. The molecule has 0 bridgehead atoms. The number of rotatable bonds is 6. The predicted octanol–water partition coefficient (Wildman–Crippen LogP) is 2.74. The second kappa shape index (κ2) is 8.96. The van der Waals surface area contributed by atoms with Crippen molar-refractivity contribution in [2.24, 2.45) is 0 Å². The average molecular weight is 380 g/mol. The number of amides is 1. The summed E-state index contributed by atoms with van der Waals surface area (Å²) >= 11 is 5.86. The van der Waals surface area contributed by atoms with Crippen LogP contribution < -0.4 is 5.32 Å². The fourth-order valence-electron chi connectivity index (χ4n) is 2.02. The molecule has 2 rings (SSSR count). The molecule has 0 atom stereocenters. The Bertz CT molecular complexity index is 840. The molecule has 2 aromatic rings. The first-order chi connectivity index (χ1) is 12.4. The van der Waals surface area contributed by atoms with E-state index in [1.807, 2.05) is 0 Å². The van der Waals surface area contributed by atoms with Gasteiger partial charge in [-0.25, -0.2) is 14.0 Å². The van der Waals surface area contributed by atoms with Crippen molar-refractivity contribution in [3.63, 3.8) is 0 Å². The monoisotopic (exact) mass is 379 g/mol. The van der Waals surface area contributed by atoms with Gasteiger partial charge in [0.2, 0.25) is 0 Å². The Hall–Kier alpha value is -2.93. The van der Waals surface area contributed by atoms with Crippen LogP contribution in [-0.4, -0.2) is 31.6 Å². The minimum Gasteiger partial charge on any atom is -0.465 e. The molecule has 0 radical (unpaired) electrons. The van der Waals surface area contributed by atoms with Gasteiger partial charge in [0.1, 0.15) is 5.82 Å². The maximum absolute atomic E-state index is 13.0. The van der Waals surface area contributed by atoms with E-state index < -0.39 is 30.3 Å². The molecule has 0 unspecified atom stereocenters. The molecular weight excluding hydrogens is 365 g/mol. The molecule has 0 spiro atoms. The molecule has 0 saturated heterocycles. The molecule has 6 nitrogen and oxygen atoms in total. The van der Waals surface area contributed by atoms with Crippen molar-refractivity contribution >= 4 is 29.4 Å². The van der Waals surface area contributed by atoms with Gasteiger partial charge in [-0.05, 0) is 35.9 Å². The van der Waals surface area contributed by atoms with Gasteiger partial charge in [-0.1, -0.05) is 23.7 Å². The Labute approximate surface area is 153 Å². The van der Waals surface area contributed by atoms with Crippen LogP contribution in [0.25, 0.3) is 0 Å². The van der Waals surface area contributed by atoms with Gasteiger partial charge in [-0.3, -0.25) is 4.79 Å². The van der Waals surface area contributed by atoms with E-state index in [1.165, 1.54) is 43.5 Å². The van der Waals surface area contributed by atoms with Crippen LogP contribution in [0.2, 0.25) is 5.02 Å². The quantitative estimate of drug-likeness (QED) is 0.780. The summed E-state index contributed by atoms with van der Waals surface area (Å²) in [7, 11) is 1.23. The van der Waals surface area contributed by atoms with E-state index in [-0.39, 0.29) is 22.7 Å². The zero-order chi connectivity index (χ0) is 19.1. The Kier molecular flexibility index (Phi) is 6.68. The second-order valence-electron chi connectivity index (χ2n) is 5.16. The van der Waals surface area contributed by atoms with Crippen molar-refractivity contribution in [2.75, 3.05) is 13.7 Å².